The van der Waals surface area contributed by atoms with Crippen molar-refractivity contribution in [3.8, 4) is 0 Å². The fraction of sp³-hybridized carbons (Fsp3) is 0.700. The molecule has 0 aromatic heterocycles. The quantitative estimate of drug-likeness (QED) is 0.436. The Balaban J connectivity index is 2.02. The van der Waals surface area contributed by atoms with E-state index < -0.39 is 0 Å². The Morgan fingerprint density at radius 1 is 1.53 bits per heavy atom. The van der Waals surface area contributed by atoms with Crippen LogP contribution >= 0.6 is 15.9 Å². The summed E-state index contributed by atoms with van der Waals surface area (Å²) in [5.41, 5.74) is 0. The molecule has 0 spiro atoms. The van der Waals surface area contributed by atoms with Crippen LogP contribution in [-0.4, -0.2) is 36.9 Å². The second kappa shape index (κ2) is 6.98. The van der Waals surface area contributed by atoms with Gasteiger partial charge in [-0.2, -0.15) is 0 Å². The monoisotopic (exact) mass is 278 g/mol. The second-order valence-corrected chi connectivity index (χ2v) is 4.33. The summed E-state index contributed by atoms with van der Waals surface area (Å²) in [7, 11) is 0. The van der Waals surface area contributed by atoms with E-state index in [2.05, 4.69) is 15.9 Å². The van der Waals surface area contributed by atoms with Crippen molar-refractivity contribution in [3.05, 3.63) is 12.2 Å². The van der Waals surface area contributed by atoms with Gasteiger partial charge in [0.05, 0.1) is 18.0 Å². The molecule has 0 aliphatic carbocycles. The van der Waals surface area contributed by atoms with Crippen LogP contribution in [0.2, 0.25) is 0 Å². The molecule has 1 fully saturated rings. The average Bonchev–Trinajstić information content (AvgIpc) is 2.57. The maximum Gasteiger partial charge on any atom is 0.302 e. The highest BCUT2D eigenvalue weighted by atomic mass is 79.9. The first-order valence-corrected chi connectivity index (χ1v) is 5.77. The van der Waals surface area contributed by atoms with Gasteiger partial charge < -0.3 is 14.2 Å². The van der Waals surface area contributed by atoms with Crippen LogP contribution in [-0.2, 0) is 19.0 Å². The number of ether oxygens (including phenoxy) is 3. The summed E-state index contributed by atoms with van der Waals surface area (Å²) >= 11 is 3.46. The number of hydrogen-bond acceptors (Lipinski definition) is 4. The van der Waals surface area contributed by atoms with Crippen molar-refractivity contribution >= 4 is 21.9 Å². The lowest BCUT2D eigenvalue weighted by Gasteiger charge is -2.12. The Bertz CT molecular complexity index is 229. The Hall–Kier alpha value is -0.390. The highest BCUT2D eigenvalue weighted by molar-refractivity contribution is 9.09. The van der Waals surface area contributed by atoms with E-state index in [9.17, 15) is 4.79 Å². The summed E-state index contributed by atoms with van der Waals surface area (Å²) in [5.74, 6) is -0.278. The molecule has 0 saturated carbocycles. The lowest BCUT2D eigenvalue weighted by atomic mass is 10.4. The van der Waals surface area contributed by atoms with E-state index in [0.717, 1.165) is 13.0 Å². The fourth-order valence-corrected chi connectivity index (χ4v) is 1.63. The van der Waals surface area contributed by atoms with Crippen molar-refractivity contribution in [2.45, 2.75) is 24.5 Å². The first kappa shape index (κ1) is 12.7. The van der Waals surface area contributed by atoms with Gasteiger partial charge in [-0.1, -0.05) is 22.0 Å². The predicted octanol–water partition coefficient (Wildman–Crippen LogP) is 1.63. The van der Waals surface area contributed by atoms with Crippen molar-refractivity contribution in [3.63, 3.8) is 0 Å². The lowest BCUT2D eigenvalue weighted by molar-refractivity contribution is -0.139. The summed E-state index contributed by atoms with van der Waals surface area (Å²) < 4.78 is 15.5. The van der Waals surface area contributed by atoms with Crippen molar-refractivity contribution in [1.29, 1.82) is 0 Å². The number of rotatable bonds is 5. The molecule has 0 amide bonds. The Kier molecular flexibility index (Phi) is 5.90. The maximum absolute atomic E-state index is 10.4. The highest BCUT2D eigenvalue weighted by Crippen LogP contribution is 2.21. The van der Waals surface area contributed by atoms with Gasteiger partial charge in [0.1, 0.15) is 6.61 Å². The molecule has 1 saturated heterocycles. The minimum atomic E-state index is -0.278. The lowest BCUT2D eigenvalue weighted by Crippen LogP contribution is -2.19. The molecule has 0 unspecified atom stereocenters. The molecule has 4 nitrogen and oxygen atoms in total. The van der Waals surface area contributed by atoms with Crippen LogP contribution in [0, 0.1) is 0 Å². The fourth-order valence-electron chi connectivity index (χ4n) is 1.14. The average molecular weight is 279 g/mol. The van der Waals surface area contributed by atoms with Gasteiger partial charge in [-0.15, -0.1) is 0 Å². The van der Waals surface area contributed by atoms with E-state index >= 15 is 0 Å². The summed E-state index contributed by atoms with van der Waals surface area (Å²) in [6.45, 7) is 2.87. The van der Waals surface area contributed by atoms with E-state index in [0.29, 0.717) is 13.2 Å². The number of carbonyl (C=O) groups is 1. The van der Waals surface area contributed by atoms with E-state index in [1.54, 1.807) is 6.08 Å². The summed E-state index contributed by atoms with van der Waals surface area (Å²) in [6, 6.07) is 0. The van der Waals surface area contributed by atoms with Crippen LogP contribution in [0.5, 0.6) is 0 Å². The van der Waals surface area contributed by atoms with Crippen molar-refractivity contribution in [2.24, 2.45) is 0 Å². The van der Waals surface area contributed by atoms with Gasteiger partial charge in [-0.3, -0.25) is 4.79 Å². The minimum Gasteiger partial charge on any atom is -0.462 e. The van der Waals surface area contributed by atoms with Crippen molar-refractivity contribution in [1.82, 2.24) is 0 Å². The zero-order chi connectivity index (χ0) is 11.1. The molecule has 15 heavy (non-hydrogen) atoms. The molecule has 1 aliphatic rings. The summed E-state index contributed by atoms with van der Waals surface area (Å²) in [5, 5.41) is 0. The topological polar surface area (TPSA) is 44.8 Å². The number of halogens is 1. The number of alkyl halides is 1. The molecule has 0 aromatic carbocycles. The van der Waals surface area contributed by atoms with Gasteiger partial charge in [0.15, 0.2) is 6.29 Å². The Labute approximate surface area is 97.7 Å². The predicted molar refractivity (Wildman–Crippen MR) is 58.8 cm³/mol. The zero-order valence-electron chi connectivity index (χ0n) is 8.65. The SMILES string of the molecule is CC(=O)OC/C=C\CO[C@H]1OCC[C@@H]1Br. The van der Waals surface area contributed by atoms with Crippen LogP contribution in [0.4, 0.5) is 0 Å². The molecule has 0 aromatic rings. The molecule has 1 heterocycles. The van der Waals surface area contributed by atoms with Crippen LogP contribution < -0.4 is 0 Å². The molecule has 0 radical (unpaired) electrons. The van der Waals surface area contributed by atoms with Gasteiger partial charge in [-0.05, 0) is 12.5 Å². The number of hydrogen-bond donors (Lipinski definition) is 0. The first-order valence-electron chi connectivity index (χ1n) is 4.86. The van der Waals surface area contributed by atoms with Gasteiger partial charge in [0.2, 0.25) is 0 Å². The summed E-state index contributed by atoms with van der Waals surface area (Å²) in [4.78, 5) is 10.7. The van der Waals surface area contributed by atoms with Crippen molar-refractivity contribution < 1.29 is 19.0 Å². The van der Waals surface area contributed by atoms with Crippen LogP contribution in [0.1, 0.15) is 13.3 Å². The first-order chi connectivity index (χ1) is 7.20. The molecular formula is C10H15BrO4. The largest absolute Gasteiger partial charge is 0.462 e. The Morgan fingerprint density at radius 3 is 2.87 bits per heavy atom. The van der Waals surface area contributed by atoms with E-state index in [1.165, 1.54) is 6.92 Å². The third kappa shape index (κ3) is 5.30. The summed E-state index contributed by atoms with van der Waals surface area (Å²) in [6.07, 6.45) is 4.37. The minimum absolute atomic E-state index is 0.164. The molecule has 5 heteroatoms. The van der Waals surface area contributed by atoms with Crippen molar-refractivity contribution in [2.75, 3.05) is 19.8 Å². The molecule has 1 rings (SSSR count). The molecular weight excluding hydrogens is 264 g/mol. The van der Waals surface area contributed by atoms with Gasteiger partial charge in [0, 0.05) is 6.92 Å². The van der Waals surface area contributed by atoms with E-state index in [4.69, 9.17) is 14.2 Å². The third-order valence-corrected chi connectivity index (χ3v) is 2.77. The van der Waals surface area contributed by atoms with E-state index in [1.807, 2.05) is 6.08 Å². The van der Waals surface area contributed by atoms with Gasteiger partial charge in [-0.25, -0.2) is 0 Å². The highest BCUT2D eigenvalue weighted by Gasteiger charge is 2.25. The molecule has 2 atom stereocenters. The smallest absolute Gasteiger partial charge is 0.302 e. The second-order valence-electron chi connectivity index (χ2n) is 3.15. The Morgan fingerprint density at radius 2 is 2.27 bits per heavy atom. The van der Waals surface area contributed by atoms with Crippen LogP contribution in [0.15, 0.2) is 12.2 Å². The zero-order valence-corrected chi connectivity index (χ0v) is 10.2. The van der Waals surface area contributed by atoms with Crippen LogP contribution in [0.3, 0.4) is 0 Å². The van der Waals surface area contributed by atoms with Gasteiger partial charge in [0.25, 0.3) is 0 Å². The molecule has 0 bridgehead atoms. The molecule has 1 aliphatic heterocycles. The van der Waals surface area contributed by atoms with Crippen LogP contribution in [0.25, 0.3) is 0 Å². The molecule has 0 N–H and O–H groups in total. The van der Waals surface area contributed by atoms with E-state index in [-0.39, 0.29) is 17.1 Å². The van der Waals surface area contributed by atoms with Gasteiger partial charge >= 0.3 is 5.97 Å². The number of carbonyl (C=O) groups excluding carboxylic acids is 1. The maximum atomic E-state index is 10.4. The normalized spacial score (nSPS) is 26.0. The number of esters is 1. The molecule has 86 valence electrons. The third-order valence-electron chi connectivity index (χ3n) is 1.88. The standard InChI is InChI=1S/C10H15BrO4/c1-8(12)13-5-2-3-6-14-10-9(11)4-7-15-10/h2-3,9-10H,4-7H2,1H3/b3-2-/t9-,10-/m0/s1.